The number of aryl methyl sites for hydroxylation is 1. The molecule has 1 fully saturated rings. The van der Waals surface area contributed by atoms with Crippen LogP contribution in [0.15, 0.2) is 29.1 Å². The van der Waals surface area contributed by atoms with Crippen LogP contribution in [0.1, 0.15) is 42.4 Å². The van der Waals surface area contributed by atoms with Crippen LogP contribution in [0.3, 0.4) is 0 Å². The Hall–Kier alpha value is -3.14. The second kappa shape index (κ2) is 7.12. The number of carbonyl (C=O) groups is 1. The highest BCUT2D eigenvalue weighted by molar-refractivity contribution is 5.98. The van der Waals surface area contributed by atoms with Crippen molar-refractivity contribution < 1.29 is 4.79 Å². The molecule has 0 bridgehead atoms. The summed E-state index contributed by atoms with van der Waals surface area (Å²) in [5, 5.41) is 12.3. The summed E-state index contributed by atoms with van der Waals surface area (Å²) < 4.78 is 0. The van der Waals surface area contributed by atoms with E-state index in [2.05, 4.69) is 33.2 Å². The number of amides is 1. The van der Waals surface area contributed by atoms with Crippen LogP contribution in [0.2, 0.25) is 0 Å². The van der Waals surface area contributed by atoms with Crippen molar-refractivity contribution in [1.82, 2.24) is 9.97 Å². The van der Waals surface area contributed by atoms with Crippen LogP contribution in [-0.2, 0) is 4.79 Å². The third kappa shape index (κ3) is 3.15. The first-order valence-electron chi connectivity index (χ1n) is 9.64. The molecule has 0 spiro atoms. The van der Waals surface area contributed by atoms with Crippen molar-refractivity contribution >= 4 is 17.7 Å². The second-order valence-corrected chi connectivity index (χ2v) is 7.83. The summed E-state index contributed by atoms with van der Waals surface area (Å²) >= 11 is 0. The lowest BCUT2D eigenvalue weighted by atomic mass is 9.79. The number of carbonyl (C=O) groups excluding carboxylic acids is 1. The van der Waals surface area contributed by atoms with Crippen molar-refractivity contribution in [2.75, 3.05) is 23.3 Å². The maximum absolute atomic E-state index is 13.1. The van der Waals surface area contributed by atoms with Gasteiger partial charge in [0.1, 0.15) is 11.7 Å². The number of nitriles is 1. The van der Waals surface area contributed by atoms with E-state index in [0.29, 0.717) is 17.4 Å². The maximum Gasteiger partial charge on any atom is 0.258 e. The number of fused-ring (bicyclic) bond motifs is 1. The Morgan fingerprint density at radius 3 is 2.86 bits per heavy atom. The Kier molecular flexibility index (Phi) is 4.63. The molecule has 0 radical (unpaired) electrons. The normalized spacial score (nSPS) is 24.2. The van der Waals surface area contributed by atoms with Gasteiger partial charge in [-0.3, -0.25) is 14.6 Å². The summed E-state index contributed by atoms with van der Waals surface area (Å²) in [7, 11) is 0. The number of nitrogens with one attached hydrogen (secondary N) is 2. The molecule has 2 aliphatic heterocycles. The van der Waals surface area contributed by atoms with Crippen molar-refractivity contribution in [1.29, 1.82) is 5.26 Å². The average Bonchev–Trinajstić information content (AvgIpc) is 2.66. The van der Waals surface area contributed by atoms with Crippen LogP contribution < -0.4 is 15.8 Å². The van der Waals surface area contributed by atoms with Crippen molar-refractivity contribution in [3.63, 3.8) is 0 Å². The van der Waals surface area contributed by atoms with E-state index in [-0.39, 0.29) is 11.4 Å². The van der Waals surface area contributed by atoms with Crippen LogP contribution >= 0.6 is 0 Å². The summed E-state index contributed by atoms with van der Waals surface area (Å²) in [6, 6.07) is 9.65. The molecular formula is C21H23N5O2. The van der Waals surface area contributed by atoms with Gasteiger partial charge in [0.25, 0.3) is 5.56 Å². The van der Waals surface area contributed by atoms with E-state index in [9.17, 15) is 14.9 Å². The lowest BCUT2D eigenvalue weighted by molar-refractivity contribution is -0.119. The van der Waals surface area contributed by atoms with Gasteiger partial charge in [-0.1, -0.05) is 36.8 Å². The van der Waals surface area contributed by atoms with Gasteiger partial charge in [0, 0.05) is 19.0 Å². The zero-order valence-electron chi connectivity index (χ0n) is 16.0. The van der Waals surface area contributed by atoms with Gasteiger partial charge in [0.05, 0.1) is 11.6 Å². The minimum absolute atomic E-state index is 0.264. The van der Waals surface area contributed by atoms with Crippen molar-refractivity contribution in [3.8, 4) is 6.07 Å². The molecule has 1 amide bonds. The van der Waals surface area contributed by atoms with E-state index in [1.807, 2.05) is 31.2 Å². The summed E-state index contributed by atoms with van der Waals surface area (Å²) in [4.78, 5) is 35.2. The molecule has 2 aromatic rings. The highest BCUT2D eigenvalue weighted by Gasteiger charge is 2.40. The standard InChI is InChI=1S/C21H23N5O2/c1-12-5-3-7-14(9-12)16-15(10-22)19(27)23-18-17(16)20(28)25-21(24-18)26-8-4-6-13(2)11-26/h3,5,7,9,13,15-16H,4,6,8,11H2,1-2H3,(H2,23,24,25,27,28). The van der Waals surface area contributed by atoms with Gasteiger partial charge in [-0.25, -0.2) is 0 Å². The zero-order chi connectivity index (χ0) is 19.8. The molecule has 1 aromatic heterocycles. The topological polar surface area (TPSA) is 102 Å². The Bertz CT molecular complexity index is 1020. The van der Waals surface area contributed by atoms with Crippen molar-refractivity contribution in [3.05, 3.63) is 51.3 Å². The molecular weight excluding hydrogens is 354 g/mol. The number of benzene rings is 1. The highest BCUT2D eigenvalue weighted by Crippen LogP contribution is 2.38. The number of aromatic amines is 1. The first kappa shape index (κ1) is 18.2. The number of rotatable bonds is 2. The van der Waals surface area contributed by atoms with Crippen LogP contribution in [0.25, 0.3) is 0 Å². The highest BCUT2D eigenvalue weighted by atomic mass is 16.2. The Morgan fingerprint density at radius 2 is 2.14 bits per heavy atom. The Morgan fingerprint density at radius 1 is 1.32 bits per heavy atom. The number of aromatic nitrogens is 2. The molecule has 1 aromatic carbocycles. The van der Waals surface area contributed by atoms with Gasteiger partial charge in [0.2, 0.25) is 11.9 Å². The molecule has 4 rings (SSSR count). The van der Waals surface area contributed by atoms with E-state index < -0.39 is 17.7 Å². The van der Waals surface area contributed by atoms with Crippen LogP contribution in [0.5, 0.6) is 0 Å². The fourth-order valence-electron chi connectivity index (χ4n) is 4.25. The summed E-state index contributed by atoms with van der Waals surface area (Å²) in [5.41, 5.74) is 1.83. The second-order valence-electron chi connectivity index (χ2n) is 7.83. The minimum Gasteiger partial charge on any atom is -0.342 e. The Balaban J connectivity index is 1.83. The van der Waals surface area contributed by atoms with E-state index in [1.54, 1.807) is 0 Å². The molecule has 2 aliphatic rings. The molecule has 144 valence electrons. The monoisotopic (exact) mass is 377 g/mol. The first-order chi connectivity index (χ1) is 13.5. The lowest BCUT2D eigenvalue weighted by Gasteiger charge is -2.33. The van der Waals surface area contributed by atoms with Gasteiger partial charge in [-0.15, -0.1) is 0 Å². The number of nitrogens with zero attached hydrogens (tertiary/aromatic N) is 3. The fourth-order valence-corrected chi connectivity index (χ4v) is 4.25. The minimum atomic E-state index is -0.974. The van der Waals surface area contributed by atoms with E-state index in [1.165, 1.54) is 0 Å². The number of hydrogen-bond acceptors (Lipinski definition) is 5. The largest absolute Gasteiger partial charge is 0.342 e. The van der Waals surface area contributed by atoms with E-state index >= 15 is 0 Å². The maximum atomic E-state index is 13.1. The molecule has 7 nitrogen and oxygen atoms in total. The number of anilines is 2. The van der Waals surface area contributed by atoms with Crippen molar-refractivity contribution in [2.45, 2.75) is 32.6 Å². The van der Waals surface area contributed by atoms with Gasteiger partial charge in [0.15, 0.2) is 0 Å². The first-order valence-corrected chi connectivity index (χ1v) is 9.64. The molecule has 3 unspecified atom stereocenters. The molecule has 0 aliphatic carbocycles. The SMILES string of the molecule is Cc1cccc(C2c3c(nc(N4CCCC(C)C4)[nH]c3=O)NC(=O)C2C#N)c1. The quantitative estimate of drug-likeness (QED) is 0.837. The molecule has 2 N–H and O–H groups in total. The number of hydrogen-bond donors (Lipinski definition) is 2. The smallest absolute Gasteiger partial charge is 0.258 e. The number of piperidine rings is 1. The summed E-state index contributed by atoms with van der Waals surface area (Å²) in [5.74, 6) is -0.767. The number of H-pyrrole nitrogens is 1. The van der Waals surface area contributed by atoms with Crippen LogP contribution in [0, 0.1) is 30.1 Å². The molecule has 0 saturated carbocycles. The third-order valence-electron chi connectivity index (χ3n) is 5.61. The summed E-state index contributed by atoms with van der Waals surface area (Å²) in [6.07, 6.45) is 2.19. The van der Waals surface area contributed by atoms with Crippen LogP contribution in [0.4, 0.5) is 11.8 Å². The van der Waals surface area contributed by atoms with Gasteiger partial charge in [-0.2, -0.15) is 10.2 Å². The molecule has 1 saturated heterocycles. The van der Waals surface area contributed by atoms with E-state index in [4.69, 9.17) is 0 Å². The van der Waals surface area contributed by atoms with E-state index in [0.717, 1.165) is 37.1 Å². The molecule has 7 heteroatoms. The summed E-state index contributed by atoms with van der Waals surface area (Å²) in [6.45, 7) is 5.76. The predicted molar refractivity (Wildman–Crippen MR) is 106 cm³/mol. The Labute approximate surface area is 163 Å². The van der Waals surface area contributed by atoms with Gasteiger partial charge in [-0.05, 0) is 31.2 Å². The lowest BCUT2D eigenvalue weighted by Crippen LogP contribution is -2.41. The van der Waals surface area contributed by atoms with Gasteiger partial charge >= 0.3 is 0 Å². The molecule has 28 heavy (non-hydrogen) atoms. The fraction of sp³-hybridized carbons (Fsp3) is 0.429. The molecule has 3 heterocycles. The zero-order valence-corrected chi connectivity index (χ0v) is 16.0. The van der Waals surface area contributed by atoms with Crippen molar-refractivity contribution in [2.24, 2.45) is 11.8 Å². The molecule has 3 atom stereocenters. The average molecular weight is 377 g/mol. The van der Waals surface area contributed by atoms with Gasteiger partial charge < -0.3 is 10.2 Å². The van der Waals surface area contributed by atoms with Crippen LogP contribution in [-0.4, -0.2) is 29.0 Å². The third-order valence-corrected chi connectivity index (χ3v) is 5.61. The predicted octanol–water partition coefficient (Wildman–Crippen LogP) is 2.54.